The first-order chi connectivity index (χ1) is 13.3. The first-order valence-electron chi connectivity index (χ1n) is 8.67. The highest BCUT2D eigenvalue weighted by Gasteiger charge is 2.07. The summed E-state index contributed by atoms with van der Waals surface area (Å²) in [5, 5.41) is 24.4. The number of anilines is 4. The Morgan fingerprint density at radius 2 is 1.41 bits per heavy atom. The number of aliphatic hydroxyl groups is 1. The van der Waals surface area contributed by atoms with E-state index in [9.17, 15) is 0 Å². The van der Waals surface area contributed by atoms with Crippen molar-refractivity contribution < 1.29 is 10.3 Å². The summed E-state index contributed by atoms with van der Waals surface area (Å²) in [5.41, 5.74) is 5.00. The molecular weight excluding hydrogens is 344 g/mol. The predicted octanol–water partition coefficient (Wildman–Crippen LogP) is 2.61. The molecule has 2 aromatic carbocycles. The standard InChI is InChI=1S/C19H22N6O2/c26-13-11-15-6-8-16(9-7-15)21-18-22-17(23-19(24-18)25-27)20-12-10-14-4-2-1-3-5-14/h1-9,26-27H,10-13H2,(H3,20,21,22,23,24,25). The molecule has 0 aliphatic rings. The van der Waals surface area contributed by atoms with Crippen molar-refractivity contribution in [2.45, 2.75) is 12.8 Å². The smallest absolute Gasteiger partial charge is 0.253 e. The average Bonchev–Trinajstić information content (AvgIpc) is 2.70. The van der Waals surface area contributed by atoms with Crippen LogP contribution in [0.3, 0.4) is 0 Å². The van der Waals surface area contributed by atoms with E-state index < -0.39 is 0 Å². The number of rotatable bonds is 9. The van der Waals surface area contributed by atoms with E-state index in [2.05, 4.69) is 37.7 Å². The number of hydrogen-bond donors (Lipinski definition) is 5. The van der Waals surface area contributed by atoms with Crippen molar-refractivity contribution in [1.29, 1.82) is 0 Å². The zero-order valence-corrected chi connectivity index (χ0v) is 14.8. The summed E-state index contributed by atoms with van der Waals surface area (Å²) in [6.07, 6.45) is 1.43. The fraction of sp³-hybridized carbons (Fsp3) is 0.211. The van der Waals surface area contributed by atoms with Gasteiger partial charge in [-0.1, -0.05) is 42.5 Å². The molecule has 8 nitrogen and oxygen atoms in total. The Morgan fingerprint density at radius 1 is 0.741 bits per heavy atom. The summed E-state index contributed by atoms with van der Waals surface area (Å²) in [6.45, 7) is 0.762. The van der Waals surface area contributed by atoms with E-state index >= 15 is 0 Å². The summed E-state index contributed by atoms with van der Waals surface area (Å²) in [7, 11) is 0. The van der Waals surface area contributed by atoms with Gasteiger partial charge in [0, 0.05) is 18.8 Å². The Kier molecular flexibility index (Phi) is 6.50. The minimum Gasteiger partial charge on any atom is -0.396 e. The quantitative estimate of drug-likeness (QED) is 0.367. The Balaban J connectivity index is 1.65. The van der Waals surface area contributed by atoms with Crippen LogP contribution < -0.4 is 16.1 Å². The second-order valence-electron chi connectivity index (χ2n) is 5.88. The molecular formula is C19H22N6O2. The number of hydrogen-bond acceptors (Lipinski definition) is 8. The predicted molar refractivity (Wildman–Crippen MR) is 104 cm³/mol. The number of nitrogens with zero attached hydrogens (tertiary/aromatic N) is 3. The lowest BCUT2D eigenvalue weighted by atomic mass is 10.1. The highest BCUT2D eigenvalue weighted by Crippen LogP contribution is 2.16. The van der Waals surface area contributed by atoms with Crippen LogP contribution in [0.4, 0.5) is 23.5 Å². The molecule has 0 aliphatic carbocycles. The summed E-state index contributed by atoms with van der Waals surface area (Å²) >= 11 is 0. The fourth-order valence-corrected chi connectivity index (χ4v) is 2.54. The van der Waals surface area contributed by atoms with Gasteiger partial charge in [-0.2, -0.15) is 15.0 Å². The van der Waals surface area contributed by atoms with Crippen LogP contribution in [-0.2, 0) is 12.8 Å². The maximum Gasteiger partial charge on any atom is 0.253 e. The molecule has 8 heteroatoms. The van der Waals surface area contributed by atoms with Gasteiger partial charge in [-0.3, -0.25) is 5.21 Å². The van der Waals surface area contributed by atoms with Gasteiger partial charge in [0.25, 0.3) is 5.95 Å². The first kappa shape index (κ1) is 18.6. The molecule has 0 unspecified atom stereocenters. The van der Waals surface area contributed by atoms with Crippen LogP contribution in [0.15, 0.2) is 54.6 Å². The lowest BCUT2D eigenvalue weighted by Crippen LogP contribution is -2.12. The van der Waals surface area contributed by atoms with E-state index in [0.29, 0.717) is 24.9 Å². The molecule has 0 fully saturated rings. The van der Waals surface area contributed by atoms with Crippen LogP contribution in [0.25, 0.3) is 0 Å². The number of aliphatic hydroxyl groups excluding tert-OH is 1. The average molecular weight is 366 g/mol. The zero-order chi connectivity index (χ0) is 18.9. The SMILES string of the molecule is OCCc1ccc(Nc2nc(NO)nc(NCCc3ccccc3)n2)cc1. The Bertz CT molecular complexity index is 843. The molecule has 140 valence electrons. The lowest BCUT2D eigenvalue weighted by Gasteiger charge is -2.10. The third-order valence-electron chi connectivity index (χ3n) is 3.89. The van der Waals surface area contributed by atoms with E-state index in [0.717, 1.165) is 17.7 Å². The number of nitrogens with one attached hydrogen (secondary N) is 3. The molecule has 3 aromatic rings. The van der Waals surface area contributed by atoms with Crippen molar-refractivity contribution in [2.75, 3.05) is 29.3 Å². The van der Waals surface area contributed by atoms with Crippen LogP contribution in [0, 0.1) is 0 Å². The van der Waals surface area contributed by atoms with E-state index in [-0.39, 0.29) is 12.6 Å². The highest BCUT2D eigenvalue weighted by atomic mass is 16.5. The Hall–Kier alpha value is -3.23. The molecule has 0 atom stereocenters. The van der Waals surface area contributed by atoms with Crippen LogP contribution in [0.5, 0.6) is 0 Å². The molecule has 3 rings (SSSR count). The normalized spacial score (nSPS) is 10.4. The van der Waals surface area contributed by atoms with E-state index in [1.54, 1.807) is 0 Å². The minimum atomic E-state index is 0.0478. The van der Waals surface area contributed by atoms with Crippen LogP contribution in [0.2, 0.25) is 0 Å². The van der Waals surface area contributed by atoms with Gasteiger partial charge in [-0.25, -0.2) is 5.48 Å². The Labute approximate surface area is 157 Å². The van der Waals surface area contributed by atoms with Gasteiger partial charge in [0.1, 0.15) is 0 Å². The molecule has 5 N–H and O–H groups in total. The van der Waals surface area contributed by atoms with Crippen molar-refractivity contribution in [3.8, 4) is 0 Å². The molecule has 1 aromatic heterocycles. The van der Waals surface area contributed by atoms with Crippen LogP contribution in [0.1, 0.15) is 11.1 Å². The monoisotopic (exact) mass is 366 g/mol. The second kappa shape index (κ2) is 9.46. The third-order valence-corrected chi connectivity index (χ3v) is 3.89. The van der Waals surface area contributed by atoms with E-state index in [1.807, 2.05) is 47.9 Å². The van der Waals surface area contributed by atoms with E-state index in [1.165, 1.54) is 5.56 Å². The molecule has 27 heavy (non-hydrogen) atoms. The van der Waals surface area contributed by atoms with Gasteiger partial charge < -0.3 is 15.7 Å². The van der Waals surface area contributed by atoms with Gasteiger partial charge in [-0.05, 0) is 36.1 Å². The summed E-state index contributed by atoms with van der Waals surface area (Å²) in [6, 6.07) is 17.7. The maximum absolute atomic E-state index is 9.17. The largest absolute Gasteiger partial charge is 0.396 e. The van der Waals surface area contributed by atoms with Gasteiger partial charge in [-0.15, -0.1) is 0 Å². The van der Waals surface area contributed by atoms with Crippen molar-refractivity contribution in [3.63, 3.8) is 0 Å². The maximum atomic E-state index is 9.17. The fourth-order valence-electron chi connectivity index (χ4n) is 2.54. The summed E-state index contributed by atoms with van der Waals surface area (Å²) in [4.78, 5) is 12.5. The van der Waals surface area contributed by atoms with Crippen molar-refractivity contribution in [2.24, 2.45) is 0 Å². The topological polar surface area (TPSA) is 115 Å². The minimum absolute atomic E-state index is 0.0478. The Morgan fingerprint density at radius 3 is 2.11 bits per heavy atom. The summed E-state index contributed by atoms with van der Waals surface area (Å²) < 4.78 is 0. The van der Waals surface area contributed by atoms with Crippen LogP contribution >= 0.6 is 0 Å². The van der Waals surface area contributed by atoms with Gasteiger partial charge in [0.05, 0.1) is 0 Å². The third kappa shape index (κ3) is 5.63. The molecule has 0 spiro atoms. The second-order valence-corrected chi connectivity index (χ2v) is 5.88. The first-order valence-corrected chi connectivity index (χ1v) is 8.67. The van der Waals surface area contributed by atoms with Crippen molar-refractivity contribution >= 4 is 23.5 Å². The van der Waals surface area contributed by atoms with E-state index in [4.69, 9.17) is 10.3 Å². The molecule has 0 saturated carbocycles. The zero-order valence-electron chi connectivity index (χ0n) is 14.8. The van der Waals surface area contributed by atoms with Crippen LogP contribution in [-0.4, -0.2) is 38.4 Å². The number of aromatic nitrogens is 3. The molecule has 0 bridgehead atoms. The van der Waals surface area contributed by atoms with Gasteiger partial charge >= 0.3 is 0 Å². The number of benzene rings is 2. The molecule has 0 saturated heterocycles. The molecule has 0 radical (unpaired) electrons. The lowest BCUT2D eigenvalue weighted by molar-refractivity contribution is 0.299. The molecule has 1 heterocycles. The summed E-state index contributed by atoms with van der Waals surface area (Å²) in [5.74, 6) is 0.710. The molecule has 0 amide bonds. The highest BCUT2D eigenvalue weighted by molar-refractivity contribution is 5.55. The van der Waals surface area contributed by atoms with Gasteiger partial charge in [0.15, 0.2) is 0 Å². The molecule has 0 aliphatic heterocycles. The van der Waals surface area contributed by atoms with Crippen molar-refractivity contribution in [1.82, 2.24) is 15.0 Å². The van der Waals surface area contributed by atoms with Crippen molar-refractivity contribution in [3.05, 3.63) is 65.7 Å². The van der Waals surface area contributed by atoms with Gasteiger partial charge in [0.2, 0.25) is 11.9 Å².